The van der Waals surface area contributed by atoms with E-state index in [1.165, 1.54) is 51.4 Å². The van der Waals surface area contributed by atoms with Crippen LogP contribution in [-0.4, -0.2) is 11.7 Å². The molecule has 0 spiro atoms. The molecule has 2 unspecified atom stereocenters. The van der Waals surface area contributed by atoms with Crippen molar-refractivity contribution in [3.05, 3.63) is 0 Å². The van der Waals surface area contributed by atoms with Crippen LogP contribution in [0.3, 0.4) is 0 Å². The van der Waals surface area contributed by atoms with Gasteiger partial charge in [-0.25, -0.2) is 0 Å². The molecule has 1 heteroatoms. The van der Waals surface area contributed by atoms with Crippen molar-refractivity contribution in [3.8, 4) is 0 Å². The van der Waals surface area contributed by atoms with Gasteiger partial charge in [0.25, 0.3) is 0 Å². The van der Waals surface area contributed by atoms with Gasteiger partial charge in [-0.2, -0.15) is 0 Å². The largest absolute Gasteiger partial charge is 0.396 e. The molecule has 2 atom stereocenters. The van der Waals surface area contributed by atoms with Crippen molar-refractivity contribution in [1.82, 2.24) is 0 Å². The highest BCUT2D eigenvalue weighted by molar-refractivity contribution is 5.07. The van der Waals surface area contributed by atoms with Crippen LogP contribution in [0.4, 0.5) is 0 Å². The molecule has 1 nitrogen and oxygen atoms in total. The van der Waals surface area contributed by atoms with Crippen molar-refractivity contribution < 1.29 is 5.11 Å². The van der Waals surface area contributed by atoms with Gasteiger partial charge < -0.3 is 5.11 Å². The molecule has 15 heavy (non-hydrogen) atoms. The number of aliphatic hydroxyl groups excluding tert-OH is 1. The monoisotopic (exact) mass is 208 g/mol. The molecule has 4 fully saturated rings. The molecule has 1 N–H and O–H groups in total. The summed E-state index contributed by atoms with van der Waals surface area (Å²) < 4.78 is 0. The van der Waals surface area contributed by atoms with E-state index in [9.17, 15) is 5.11 Å². The van der Waals surface area contributed by atoms with Gasteiger partial charge in [-0.05, 0) is 67.6 Å². The second-order valence-electron chi connectivity index (χ2n) is 6.87. The Morgan fingerprint density at radius 2 is 1.67 bits per heavy atom. The van der Waals surface area contributed by atoms with E-state index >= 15 is 0 Å². The van der Waals surface area contributed by atoms with Gasteiger partial charge in [0.05, 0.1) is 0 Å². The van der Waals surface area contributed by atoms with E-state index < -0.39 is 0 Å². The Hall–Kier alpha value is -0.0400. The van der Waals surface area contributed by atoms with Crippen LogP contribution in [-0.2, 0) is 0 Å². The van der Waals surface area contributed by atoms with Crippen molar-refractivity contribution in [1.29, 1.82) is 0 Å². The summed E-state index contributed by atoms with van der Waals surface area (Å²) in [6, 6.07) is 0. The molecule has 4 bridgehead atoms. The molecule has 0 amide bonds. The van der Waals surface area contributed by atoms with Crippen molar-refractivity contribution in [2.45, 2.75) is 58.3 Å². The van der Waals surface area contributed by atoms with E-state index in [1.54, 1.807) is 0 Å². The summed E-state index contributed by atoms with van der Waals surface area (Å²) in [5.74, 6) is 1.93. The van der Waals surface area contributed by atoms with Crippen LogP contribution in [0.25, 0.3) is 0 Å². The molecule has 4 aliphatic rings. The first kappa shape index (κ1) is 10.1. The molecule has 0 saturated heterocycles. The van der Waals surface area contributed by atoms with Crippen LogP contribution in [0.5, 0.6) is 0 Å². The maximum atomic E-state index is 9.71. The summed E-state index contributed by atoms with van der Waals surface area (Å²) in [6.07, 6.45) is 11.2. The Bertz CT molecular complexity index is 244. The summed E-state index contributed by atoms with van der Waals surface area (Å²) in [7, 11) is 0. The first-order valence-electron chi connectivity index (χ1n) is 6.80. The molecule has 0 aromatic rings. The molecule has 0 aromatic heterocycles. The van der Waals surface area contributed by atoms with Gasteiger partial charge in [0, 0.05) is 6.61 Å². The third kappa shape index (κ3) is 1.46. The molecular formula is C14H24O. The highest BCUT2D eigenvalue weighted by atomic mass is 16.3. The summed E-state index contributed by atoms with van der Waals surface area (Å²) in [5.41, 5.74) is 1.01. The van der Waals surface area contributed by atoms with Gasteiger partial charge in [-0.3, -0.25) is 0 Å². The van der Waals surface area contributed by atoms with E-state index in [1.807, 2.05) is 0 Å². The smallest absolute Gasteiger partial charge is 0.0487 e. The fourth-order valence-electron chi connectivity index (χ4n) is 5.66. The van der Waals surface area contributed by atoms with Crippen LogP contribution < -0.4 is 0 Å². The fraction of sp³-hybridized carbons (Fsp3) is 1.00. The molecular weight excluding hydrogens is 184 g/mol. The van der Waals surface area contributed by atoms with Gasteiger partial charge in [0.1, 0.15) is 0 Å². The van der Waals surface area contributed by atoms with Crippen LogP contribution in [0.1, 0.15) is 58.3 Å². The number of aliphatic hydroxyl groups is 1. The van der Waals surface area contributed by atoms with Gasteiger partial charge in [0.2, 0.25) is 0 Å². The minimum absolute atomic E-state index is 0.360. The first-order chi connectivity index (χ1) is 7.19. The highest BCUT2D eigenvalue weighted by Crippen LogP contribution is 2.66. The second-order valence-corrected chi connectivity index (χ2v) is 6.87. The Kier molecular flexibility index (Phi) is 2.18. The molecule has 0 aliphatic heterocycles. The zero-order valence-corrected chi connectivity index (χ0v) is 9.97. The molecule has 86 valence electrons. The van der Waals surface area contributed by atoms with Crippen LogP contribution in [0.2, 0.25) is 0 Å². The summed E-state index contributed by atoms with van der Waals surface area (Å²) in [6.45, 7) is 2.79. The standard InChI is InChI=1S/C14H24O/c1-2-3-13-5-11-4-12(6-13)8-14(7-11,9-13)10-15/h11-12,15H,2-10H2,1H3. The number of rotatable bonds is 3. The second kappa shape index (κ2) is 3.23. The van der Waals surface area contributed by atoms with Crippen molar-refractivity contribution in [2.75, 3.05) is 6.61 Å². The van der Waals surface area contributed by atoms with Crippen molar-refractivity contribution in [3.63, 3.8) is 0 Å². The summed E-state index contributed by atoms with van der Waals surface area (Å²) >= 11 is 0. The van der Waals surface area contributed by atoms with Gasteiger partial charge in [-0.15, -0.1) is 0 Å². The lowest BCUT2D eigenvalue weighted by molar-refractivity contribution is -0.132. The number of hydrogen-bond donors (Lipinski definition) is 1. The maximum Gasteiger partial charge on any atom is 0.0487 e. The molecule has 0 radical (unpaired) electrons. The molecule has 4 rings (SSSR count). The van der Waals surface area contributed by atoms with Crippen LogP contribution in [0.15, 0.2) is 0 Å². The lowest BCUT2D eigenvalue weighted by Crippen LogP contribution is -2.53. The maximum absolute atomic E-state index is 9.71. The summed E-state index contributed by atoms with van der Waals surface area (Å²) in [5, 5.41) is 9.71. The highest BCUT2D eigenvalue weighted by Gasteiger charge is 2.56. The van der Waals surface area contributed by atoms with Crippen LogP contribution >= 0.6 is 0 Å². The average Bonchev–Trinajstić information content (AvgIpc) is 2.15. The molecule has 0 aromatic carbocycles. The molecule has 4 saturated carbocycles. The Morgan fingerprint density at radius 1 is 1.07 bits per heavy atom. The lowest BCUT2D eigenvalue weighted by atomic mass is 9.43. The van der Waals surface area contributed by atoms with E-state index in [0.717, 1.165) is 11.8 Å². The third-order valence-electron chi connectivity index (χ3n) is 5.42. The average molecular weight is 208 g/mol. The van der Waals surface area contributed by atoms with Crippen molar-refractivity contribution in [2.24, 2.45) is 22.7 Å². The van der Waals surface area contributed by atoms with Gasteiger partial charge >= 0.3 is 0 Å². The van der Waals surface area contributed by atoms with E-state index in [-0.39, 0.29) is 0 Å². The molecule has 0 heterocycles. The lowest BCUT2D eigenvalue weighted by Gasteiger charge is -2.62. The molecule has 4 aliphatic carbocycles. The zero-order valence-electron chi connectivity index (χ0n) is 9.97. The predicted molar refractivity (Wildman–Crippen MR) is 61.5 cm³/mol. The normalized spacial score (nSPS) is 52.4. The first-order valence-corrected chi connectivity index (χ1v) is 6.80. The van der Waals surface area contributed by atoms with E-state index in [2.05, 4.69) is 6.92 Å². The van der Waals surface area contributed by atoms with E-state index in [0.29, 0.717) is 17.4 Å². The third-order valence-corrected chi connectivity index (χ3v) is 5.42. The Labute approximate surface area is 93.3 Å². The predicted octanol–water partition coefficient (Wildman–Crippen LogP) is 3.37. The Balaban J connectivity index is 1.88. The van der Waals surface area contributed by atoms with E-state index in [4.69, 9.17) is 0 Å². The zero-order chi connectivity index (χ0) is 10.5. The fourth-order valence-corrected chi connectivity index (χ4v) is 5.66. The van der Waals surface area contributed by atoms with Crippen molar-refractivity contribution >= 4 is 0 Å². The minimum atomic E-state index is 0.360. The number of hydrogen-bond acceptors (Lipinski definition) is 1. The SMILES string of the molecule is CCCC12CC3CC(CC(CO)(C3)C1)C2. The Morgan fingerprint density at radius 3 is 2.20 bits per heavy atom. The van der Waals surface area contributed by atoms with Gasteiger partial charge in [-0.1, -0.05) is 13.3 Å². The topological polar surface area (TPSA) is 20.2 Å². The van der Waals surface area contributed by atoms with Crippen LogP contribution in [0, 0.1) is 22.7 Å². The minimum Gasteiger partial charge on any atom is -0.396 e. The quantitative estimate of drug-likeness (QED) is 0.754. The summed E-state index contributed by atoms with van der Waals surface area (Å²) in [4.78, 5) is 0. The van der Waals surface area contributed by atoms with Gasteiger partial charge in [0.15, 0.2) is 0 Å².